The van der Waals surface area contributed by atoms with Gasteiger partial charge in [-0.3, -0.25) is 28.9 Å². The van der Waals surface area contributed by atoms with Crippen molar-refractivity contribution >= 4 is 57.8 Å². The second kappa shape index (κ2) is 15.2. The van der Waals surface area contributed by atoms with Gasteiger partial charge in [-0.15, -0.1) is 23.1 Å². The molecule has 1 saturated heterocycles. The van der Waals surface area contributed by atoms with E-state index in [-0.39, 0.29) is 61.8 Å². The van der Waals surface area contributed by atoms with E-state index in [1.165, 1.54) is 28.0 Å². The van der Waals surface area contributed by atoms with Crippen molar-refractivity contribution in [2.24, 2.45) is 0 Å². The van der Waals surface area contributed by atoms with Crippen LogP contribution in [0.25, 0.3) is 0 Å². The lowest BCUT2D eigenvalue weighted by molar-refractivity contribution is -0.138. The third-order valence-corrected chi connectivity index (χ3v) is 8.58. The number of amides is 5. The summed E-state index contributed by atoms with van der Waals surface area (Å²) in [5.74, 6) is -0.792. The number of nitrogens with one attached hydrogen (secondary N) is 4. The van der Waals surface area contributed by atoms with Crippen LogP contribution in [-0.4, -0.2) is 82.6 Å². The number of carbonyl (C=O) groups excluding carboxylic acids is 5. The number of carbonyl (C=O) groups is 5. The summed E-state index contributed by atoms with van der Waals surface area (Å²) in [5, 5.41) is 11.9. The predicted molar refractivity (Wildman–Crippen MR) is 148 cm³/mol. The van der Waals surface area contributed by atoms with E-state index in [1.54, 1.807) is 6.92 Å². The minimum atomic E-state index is -0.499. The molecule has 1 aliphatic carbocycles. The molecule has 3 rings (SSSR count). The zero-order valence-corrected chi connectivity index (χ0v) is 23.7. The van der Waals surface area contributed by atoms with Crippen molar-refractivity contribution in [2.45, 2.75) is 76.5 Å². The van der Waals surface area contributed by atoms with Gasteiger partial charge in [-0.2, -0.15) is 0 Å². The second-order valence-corrected chi connectivity index (χ2v) is 11.7. The highest BCUT2D eigenvalue weighted by Crippen LogP contribution is 2.30. The molecule has 11 nitrogen and oxygen atoms in total. The monoisotopic (exact) mass is 566 g/mol. The van der Waals surface area contributed by atoms with Gasteiger partial charge >= 0.3 is 0 Å². The maximum atomic E-state index is 12.5. The fraction of sp³-hybridized carbons (Fsp3) is 0.680. The Hall–Kier alpha value is -2.51. The van der Waals surface area contributed by atoms with Crippen LogP contribution < -0.4 is 21.3 Å². The van der Waals surface area contributed by atoms with Gasteiger partial charge in [-0.05, 0) is 39.2 Å². The van der Waals surface area contributed by atoms with Gasteiger partial charge in [0.05, 0.1) is 10.9 Å². The molecule has 0 aromatic carbocycles. The van der Waals surface area contributed by atoms with Gasteiger partial charge in [0.15, 0.2) is 5.13 Å². The summed E-state index contributed by atoms with van der Waals surface area (Å²) in [7, 11) is 0. The number of aromatic nitrogens is 1. The molecule has 5 amide bonds. The first-order valence-corrected chi connectivity index (χ1v) is 15.2. The van der Waals surface area contributed by atoms with Crippen LogP contribution in [0.3, 0.4) is 0 Å². The van der Waals surface area contributed by atoms with Crippen LogP contribution >= 0.6 is 23.1 Å². The van der Waals surface area contributed by atoms with Crippen molar-refractivity contribution < 1.29 is 24.0 Å². The van der Waals surface area contributed by atoms with Gasteiger partial charge in [-0.1, -0.05) is 6.92 Å². The normalized spacial score (nSPS) is 18.8. The molecule has 38 heavy (non-hydrogen) atoms. The minimum absolute atomic E-state index is 0.0546. The van der Waals surface area contributed by atoms with Gasteiger partial charge in [0, 0.05) is 62.0 Å². The molecule has 2 heterocycles. The Morgan fingerprint density at radius 2 is 1.79 bits per heavy atom. The molecule has 2 unspecified atom stereocenters. The highest BCUT2D eigenvalue weighted by molar-refractivity contribution is 8.00. The average molecular weight is 567 g/mol. The molecule has 4 N–H and O–H groups in total. The quantitative estimate of drug-likeness (QED) is 0.183. The van der Waals surface area contributed by atoms with Crippen molar-refractivity contribution in [3.63, 3.8) is 0 Å². The SMILES string of the molecule is CCCNC1CCc2nc(NC(=O)CCC(=O)NCCSC3CC(=O)N(CCC(=O)NCC)C3=O)sc2C1. The van der Waals surface area contributed by atoms with E-state index < -0.39 is 5.25 Å². The Kier molecular flexibility index (Phi) is 12.0. The first-order chi connectivity index (χ1) is 18.3. The van der Waals surface area contributed by atoms with Gasteiger partial charge in [0.1, 0.15) is 0 Å². The Morgan fingerprint density at radius 1 is 1.03 bits per heavy atom. The zero-order valence-electron chi connectivity index (χ0n) is 22.1. The molecule has 0 bridgehead atoms. The van der Waals surface area contributed by atoms with E-state index in [9.17, 15) is 24.0 Å². The fourth-order valence-electron chi connectivity index (χ4n) is 4.36. The Labute approximate surface area is 231 Å². The fourth-order valence-corrected chi connectivity index (χ4v) is 6.50. The number of hydrogen-bond acceptors (Lipinski definition) is 9. The smallest absolute Gasteiger partial charge is 0.242 e. The largest absolute Gasteiger partial charge is 0.356 e. The highest BCUT2D eigenvalue weighted by atomic mass is 32.2. The number of thioether (sulfide) groups is 1. The topological polar surface area (TPSA) is 150 Å². The molecule has 210 valence electrons. The maximum absolute atomic E-state index is 12.5. The third kappa shape index (κ3) is 9.05. The Morgan fingerprint density at radius 3 is 2.55 bits per heavy atom. The molecular formula is C25H38N6O5S2. The van der Waals surface area contributed by atoms with Crippen LogP contribution in [0.4, 0.5) is 5.13 Å². The molecule has 0 spiro atoms. The van der Waals surface area contributed by atoms with Crippen LogP contribution in [0.1, 0.15) is 62.9 Å². The lowest BCUT2D eigenvalue weighted by Gasteiger charge is -2.21. The zero-order chi connectivity index (χ0) is 27.5. The van der Waals surface area contributed by atoms with Crippen molar-refractivity contribution in [3.05, 3.63) is 10.6 Å². The van der Waals surface area contributed by atoms with Gasteiger partial charge in [0.25, 0.3) is 0 Å². The number of thiazole rings is 1. The second-order valence-electron chi connectivity index (χ2n) is 9.33. The summed E-state index contributed by atoms with van der Waals surface area (Å²) < 4.78 is 0. The van der Waals surface area contributed by atoms with Crippen LogP contribution in [0.2, 0.25) is 0 Å². The number of imide groups is 1. The van der Waals surface area contributed by atoms with Gasteiger partial charge < -0.3 is 21.3 Å². The molecule has 1 aromatic heterocycles. The predicted octanol–water partition coefficient (Wildman–Crippen LogP) is 1.22. The molecule has 2 atom stereocenters. The van der Waals surface area contributed by atoms with Crippen LogP contribution in [0.5, 0.6) is 0 Å². The van der Waals surface area contributed by atoms with Crippen molar-refractivity contribution in [2.75, 3.05) is 37.2 Å². The maximum Gasteiger partial charge on any atom is 0.242 e. The first-order valence-electron chi connectivity index (χ1n) is 13.3. The molecule has 0 radical (unpaired) electrons. The number of likely N-dealkylation sites (tertiary alicyclic amines) is 1. The molecule has 2 aliphatic rings. The van der Waals surface area contributed by atoms with E-state index in [1.807, 2.05) is 0 Å². The number of hydrogen-bond donors (Lipinski definition) is 4. The summed E-state index contributed by atoms with van der Waals surface area (Å²) in [4.78, 5) is 67.6. The van der Waals surface area contributed by atoms with Crippen LogP contribution in [-0.2, 0) is 36.8 Å². The lowest BCUT2D eigenvalue weighted by atomic mass is 9.98. The van der Waals surface area contributed by atoms with E-state index in [4.69, 9.17) is 0 Å². The standard InChI is InChI=1S/C25H38N6O5S2/c1-3-10-27-16-5-6-17-18(14-16)38-25(29-17)30-22(34)8-7-20(32)28-11-13-37-19-15-23(35)31(24(19)36)12-9-21(33)26-4-2/h16,19,27H,3-15H2,1-2H3,(H,26,33)(H,28,32)(H,29,30,34). The number of nitrogens with zero attached hydrogens (tertiary/aromatic N) is 2. The summed E-state index contributed by atoms with van der Waals surface area (Å²) in [6.45, 7) is 5.87. The molecule has 1 aromatic rings. The Balaban J connectivity index is 1.29. The molecule has 0 saturated carbocycles. The molecular weight excluding hydrogens is 528 g/mol. The highest BCUT2D eigenvalue weighted by Gasteiger charge is 2.38. The van der Waals surface area contributed by atoms with E-state index in [0.29, 0.717) is 30.0 Å². The van der Waals surface area contributed by atoms with Crippen LogP contribution in [0, 0.1) is 0 Å². The number of fused-ring (bicyclic) bond motifs is 1. The summed E-state index contributed by atoms with van der Waals surface area (Å²) >= 11 is 2.82. The number of anilines is 1. The van der Waals surface area contributed by atoms with E-state index in [0.717, 1.165) is 42.8 Å². The Bertz CT molecular complexity index is 1020. The minimum Gasteiger partial charge on any atom is -0.356 e. The molecule has 1 aliphatic heterocycles. The lowest BCUT2D eigenvalue weighted by Crippen LogP contribution is -2.35. The van der Waals surface area contributed by atoms with Crippen LogP contribution in [0.15, 0.2) is 0 Å². The first kappa shape index (κ1) is 30.0. The van der Waals surface area contributed by atoms with Crippen molar-refractivity contribution in [3.8, 4) is 0 Å². The van der Waals surface area contributed by atoms with Gasteiger partial charge in [0.2, 0.25) is 29.5 Å². The summed E-state index contributed by atoms with van der Waals surface area (Å²) in [6, 6.07) is 0.457. The molecule has 1 fully saturated rings. The van der Waals surface area contributed by atoms with Gasteiger partial charge in [-0.25, -0.2) is 4.98 Å². The van der Waals surface area contributed by atoms with Crippen molar-refractivity contribution in [1.82, 2.24) is 25.8 Å². The summed E-state index contributed by atoms with van der Waals surface area (Å²) in [5.41, 5.74) is 1.06. The third-order valence-electron chi connectivity index (χ3n) is 6.33. The van der Waals surface area contributed by atoms with Crippen molar-refractivity contribution in [1.29, 1.82) is 0 Å². The average Bonchev–Trinajstić information content (AvgIpc) is 3.41. The van der Waals surface area contributed by atoms with E-state index >= 15 is 0 Å². The number of aryl methyl sites for hydroxylation is 1. The summed E-state index contributed by atoms with van der Waals surface area (Å²) in [6.07, 6.45) is 4.28. The molecule has 13 heteroatoms. The number of rotatable bonds is 15. The van der Waals surface area contributed by atoms with E-state index in [2.05, 4.69) is 33.2 Å².